The zero-order chi connectivity index (χ0) is 14.1. The summed E-state index contributed by atoms with van der Waals surface area (Å²) in [6, 6.07) is 5.78. The van der Waals surface area contributed by atoms with E-state index in [1.54, 1.807) is 7.11 Å². The van der Waals surface area contributed by atoms with Crippen LogP contribution in [0.25, 0.3) is 0 Å². The van der Waals surface area contributed by atoms with E-state index in [0.717, 1.165) is 24.2 Å². The summed E-state index contributed by atoms with van der Waals surface area (Å²) >= 11 is 0. The molecular weight excluding hydrogens is 256 g/mol. The van der Waals surface area contributed by atoms with Gasteiger partial charge in [0.1, 0.15) is 5.75 Å². The van der Waals surface area contributed by atoms with Gasteiger partial charge in [-0.05, 0) is 18.1 Å². The second kappa shape index (κ2) is 5.42. The number of amides is 1. The van der Waals surface area contributed by atoms with E-state index in [1.807, 2.05) is 23.1 Å². The highest BCUT2D eigenvalue weighted by atomic mass is 16.5. The molecule has 2 aliphatic heterocycles. The van der Waals surface area contributed by atoms with E-state index in [0.29, 0.717) is 25.3 Å². The van der Waals surface area contributed by atoms with E-state index in [1.165, 1.54) is 0 Å². The second-order valence-electron chi connectivity index (χ2n) is 5.37. The molecule has 0 saturated carbocycles. The lowest BCUT2D eigenvalue weighted by molar-refractivity contribution is 0.0160. The van der Waals surface area contributed by atoms with Crippen LogP contribution >= 0.6 is 0 Å². The fourth-order valence-corrected chi connectivity index (χ4v) is 2.92. The highest BCUT2D eigenvalue weighted by molar-refractivity contribution is 5.97. The van der Waals surface area contributed by atoms with Crippen molar-refractivity contribution in [2.75, 3.05) is 26.8 Å². The molecule has 0 bridgehead atoms. The molecule has 0 unspecified atom stereocenters. The fraction of sp³-hybridized carbons (Fsp3) is 0.533. The predicted molar refractivity (Wildman–Crippen MR) is 74.9 cm³/mol. The van der Waals surface area contributed by atoms with Crippen LogP contribution in [0.15, 0.2) is 18.2 Å². The Balaban J connectivity index is 1.81. The molecule has 0 aromatic heterocycles. The van der Waals surface area contributed by atoms with E-state index >= 15 is 0 Å². The molecule has 3 rings (SSSR count). The predicted octanol–water partition coefficient (Wildman–Crippen LogP) is 0.810. The van der Waals surface area contributed by atoms with Crippen molar-refractivity contribution in [1.29, 1.82) is 0 Å². The average Bonchev–Trinajstić information content (AvgIpc) is 2.95. The first-order chi connectivity index (χ1) is 9.70. The summed E-state index contributed by atoms with van der Waals surface area (Å²) in [6.07, 6.45) is 1.55. The van der Waals surface area contributed by atoms with Gasteiger partial charge < -0.3 is 20.1 Å². The molecule has 2 aliphatic rings. The van der Waals surface area contributed by atoms with Gasteiger partial charge in [-0.25, -0.2) is 0 Å². The van der Waals surface area contributed by atoms with Crippen molar-refractivity contribution in [1.82, 2.24) is 4.90 Å². The normalized spacial score (nSPS) is 25.2. The van der Waals surface area contributed by atoms with Crippen LogP contribution < -0.4 is 10.5 Å². The number of fused-ring (bicyclic) bond motifs is 1. The summed E-state index contributed by atoms with van der Waals surface area (Å²) in [5.74, 6) is 0.763. The lowest BCUT2D eigenvalue weighted by atomic mass is 10.0. The van der Waals surface area contributed by atoms with Crippen LogP contribution in [0.5, 0.6) is 5.75 Å². The topological polar surface area (TPSA) is 64.8 Å². The smallest absolute Gasteiger partial charge is 0.257 e. The number of benzene rings is 1. The highest BCUT2D eigenvalue weighted by Gasteiger charge is 2.31. The zero-order valence-corrected chi connectivity index (χ0v) is 11.7. The number of carbonyl (C=O) groups excluding carboxylic acids is 1. The molecule has 1 saturated heterocycles. The summed E-state index contributed by atoms with van der Waals surface area (Å²) < 4.78 is 11.0. The number of carbonyl (C=O) groups is 1. The third-order valence-electron chi connectivity index (χ3n) is 4.14. The number of hydrogen-bond donors (Lipinski definition) is 1. The standard InChI is InChI=1S/C15H20N2O3/c1-19-13-9-17(7-5-12(13)16)15(18)11-4-2-3-10-6-8-20-14(10)11/h2-4,12-13H,5-9,16H2,1H3/t12-,13+/m1/s1. The van der Waals surface area contributed by atoms with Crippen molar-refractivity contribution in [3.63, 3.8) is 0 Å². The number of rotatable bonds is 2. The molecule has 1 amide bonds. The van der Waals surface area contributed by atoms with Gasteiger partial charge in [0.15, 0.2) is 0 Å². The van der Waals surface area contributed by atoms with Crippen molar-refractivity contribution in [2.24, 2.45) is 5.73 Å². The number of methoxy groups -OCH3 is 1. The molecule has 1 fully saturated rings. The van der Waals surface area contributed by atoms with E-state index in [2.05, 4.69) is 0 Å². The first-order valence-corrected chi connectivity index (χ1v) is 7.03. The lowest BCUT2D eigenvalue weighted by Crippen LogP contribution is -2.53. The minimum absolute atomic E-state index is 0.00166. The lowest BCUT2D eigenvalue weighted by Gasteiger charge is -2.36. The molecule has 0 radical (unpaired) electrons. The molecule has 1 aromatic carbocycles. The molecule has 20 heavy (non-hydrogen) atoms. The molecule has 5 nitrogen and oxygen atoms in total. The summed E-state index contributed by atoms with van der Waals surface area (Å²) in [5, 5.41) is 0. The van der Waals surface area contributed by atoms with Crippen LogP contribution in [0.4, 0.5) is 0 Å². The molecular formula is C15H20N2O3. The summed E-state index contributed by atoms with van der Waals surface area (Å²) in [4.78, 5) is 14.5. The van der Waals surface area contributed by atoms with E-state index in [4.69, 9.17) is 15.2 Å². The van der Waals surface area contributed by atoms with Crippen LogP contribution in [-0.4, -0.2) is 49.8 Å². The van der Waals surface area contributed by atoms with Crippen molar-refractivity contribution >= 4 is 5.91 Å². The van der Waals surface area contributed by atoms with Gasteiger partial charge in [-0.2, -0.15) is 0 Å². The largest absolute Gasteiger partial charge is 0.492 e. The Morgan fingerprint density at radius 1 is 1.50 bits per heavy atom. The number of nitrogens with two attached hydrogens (primary N) is 1. The van der Waals surface area contributed by atoms with Gasteiger partial charge in [0, 0.05) is 32.7 Å². The molecule has 0 aliphatic carbocycles. The van der Waals surface area contributed by atoms with Crippen LogP contribution in [-0.2, 0) is 11.2 Å². The van der Waals surface area contributed by atoms with Gasteiger partial charge in [-0.1, -0.05) is 12.1 Å². The van der Waals surface area contributed by atoms with E-state index in [-0.39, 0.29) is 18.1 Å². The Morgan fingerprint density at radius 3 is 3.15 bits per heavy atom. The minimum atomic E-state index is -0.0922. The Labute approximate surface area is 118 Å². The molecule has 2 N–H and O–H groups in total. The number of piperidine rings is 1. The van der Waals surface area contributed by atoms with Crippen LogP contribution in [0.3, 0.4) is 0 Å². The average molecular weight is 276 g/mol. The first-order valence-electron chi connectivity index (χ1n) is 7.03. The number of nitrogens with zero attached hydrogens (tertiary/aromatic N) is 1. The van der Waals surface area contributed by atoms with Crippen LogP contribution in [0.2, 0.25) is 0 Å². The summed E-state index contributed by atoms with van der Waals surface area (Å²) in [7, 11) is 1.64. The van der Waals surface area contributed by atoms with Crippen LogP contribution in [0.1, 0.15) is 22.3 Å². The molecule has 5 heteroatoms. The van der Waals surface area contributed by atoms with Gasteiger partial charge in [-0.15, -0.1) is 0 Å². The number of para-hydroxylation sites is 1. The molecule has 0 spiro atoms. The maximum Gasteiger partial charge on any atom is 0.257 e. The number of hydrogen-bond acceptors (Lipinski definition) is 4. The van der Waals surface area contributed by atoms with E-state index in [9.17, 15) is 4.79 Å². The first kappa shape index (κ1) is 13.4. The minimum Gasteiger partial charge on any atom is -0.492 e. The Bertz CT molecular complexity index is 518. The Kier molecular flexibility index (Phi) is 3.63. The third-order valence-corrected chi connectivity index (χ3v) is 4.14. The number of ether oxygens (including phenoxy) is 2. The molecule has 1 aromatic rings. The third kappa shape index (κ3) is 2.27. The van der Waals surface area contributed by atoms with Crippen molar-refractivity contribution in [3.8, 4) is 5.75 Å². The summed E-state index contributed by atoms with van der Waals surface area (Å²) in [5.41, 5.74) is 7.77. The van der Waals surface area contributed by atoms with Gasteiger partial charge in [0.05, 0.1) is 18.3 Å². The maximum atomic E-state index is 12.7. The van der Waals surface area contributed by atoms with Gasteiger partial charge in [0.25, 0.3) is 5.91 Å². The van der Waals surface area contributed by atoms with Crippen LogP contribution in [0, 0.1) is 0 Å². The summed E-state index contributed by atoms with van der Waals surface area (Å²) in [6.45, 7) is 1.87. The SMILES string of the molecule is CO[C@H]1CN(C(=O)c2cccc3c2OCC3)CC[C@H]1N. The van der Waals surface area contributed by atoms with Gasteiger partial charge >= 0.3 is 0 Å². The maximum absolute atomic E-state index is 12.7. The van der Waals surface area contributed by atoms with Gasteiger partial charge in [0.2, 0.25) is 0 Å². The second-order valence-corrected chi connectivity index (χ2v) is 5.37. The van der Waals surface area contributed by atoms with Crippen molar-refractivity contribution in [2.45, 2.75) is 25.0 Å². The molecule has 108 valence electrons. The van der Waals surface area contributed by atoms with Gasteiger partial charge in [-0.3, -0.25) is 4.79 Å². The van der Waals surface area contributed by atoms with Crippen molar-refractivity contribution in [3.05, 3.63) is 29.3 Å². The fourth-order valence-electron chi connectivity index (χ4n) is 2.92. The quantitative estimate of drug-likeness (QED) is 0.868. The van der Waals surface area contributed by atoms with E-state index < -0.39 is 0 Å². The Morgan fingerprint density at radius 2 is 2.35 bits per heavy atom. The highest BCUT2D eigenvalue weighted by Crippen LogP contribution is 2.30. The molecule has 2 heterocycles. The zero-order valence-electron chi connectivity index (χ0n) is 11.7. The van der Waals surface area contributed by atoms with Crippen molar-refractivity contribution < 1.29 is 14.3 Å². The Hall–Kier alpha value is -1.59. The monoisotopic (exact) mass is 276 g/mol. The molecule has 2 atom stereocenters. The number of likely N-dealkylation sites (tertiary alicyclic amines) is 1.